The predicted octanol–water partition coefficient (Wildman–Crippen LogP) is 2.50. The summed E-state index contributed by atoms with van der Waals surface area (Å²) in [5, 5.41) is 7.51. The van der Waals surface area contributed by atoms with Crippen molar-refractivity contribution in [3.63, 3.8) is 0 Å². The Morgan fingerprint density at radius 3 is 2.96 bits per heavy atom. The third-order valence-electron chi connectivity index (χ3n) is 4.58. The van der Waals surface area contributed by atoms with Crippen LogP contribution in [0.1, 0.15) is 21.5 Å². The molecule has 7 heteroatoms. The first-order valence-electron chi connectivity index (χ1n) is 8.30. The molecule has 0 spiro atoms. The molecule has 4 rings (SSSR count). The van der Waals surface area contributed by atoms with Gasteiger partial charge in [0.15, 0.2) is 0 Å². The van der Waals surface area contributed by atoms with Gasteiger partial charge in [-0.25, -0.2) is 9.89 Å². The molecule has 3 heterocycles. The van der Waals surface area contributed by atoms with Crippen molar-refractivity contribution in [1.29, 1.82) is 0 Å². The maximum atomic E-state index is 12.0. The van der Waals surface area contributed by atoms with Gasteiger partial charge in [0, 0.05) is 36.0 Å². The molecule has 0 bridgehead atoms. The van der Waals surface area contributed by atoms with Crippen LogP contribution in [0.4, 0.5) is 0 Å². The lowest BCUT2D eigenvalue weighted by Gasteiger charge is -2.11. The minimum atomic E-state index is -0.515. The molecule has 2 aliphatic rings. The summed E-state index contributed by atoms with van der Waals surface area (Å²) in [7, 11) is 1.31. The van der Waals surface area contributed by atoms with Gasteiger partial charge in [0.25, 0.3) is 5.56 Å². The molecule has 0 amide bonds. The number of aryl methyl sites for hydroxylation is 3. The zero-order valence-corrected chi connectivity index (χ0v) is 14.5. The van der Waals surface area contributed by atoms with E-state index in [-0.39, 0.29) is 11.1 Å². The maximum absolute atomic E-state index is 12.0. The summed E-state index contributed by atoms with van der Waals surface area (Å²) in [6.45, 7) is 2.68. The quantitative estimate of drug-likeness (QED) is 0.553. The highest BCUT2D eigenvalue weighted by molar-refractivity contribution is 5.95. The number of H-pyrrole nitrogens is 2. The number of hydrogen-bond donors (Lipinski definition) is 2. The van der Waals surface area contributed by atoms with Gasteiger partial charge >= 0.3 is 5.97 Å². The van der Waals surface area contributed by atoms with Gasteiger partial charge in [-0.3, -0.25) is 4.79 Å². The molecule has 7 nitrogen and oxygen atoms in total. The molecular formula is C19H18N4O3. The Morgan fingerprint density at radius 1 is 1.31 bits per heavy atom. The molecule has 26 heavy (non-hydrogen) atoms. The van der Waals surface area contributed by atoms with E-state index in [9.17, 15) is 9.59 Å². The fraction of sp³-hybridized carbons (Fsp3) is 0.211. The van der Waals surface area contributed by atoms with Crippen molar-refractivity contribution in [3.8, 4) is 11.3 Å². The van der Waals surface area contributed by atoms with Crippen LogP contribution >= 0.6 is 0 Å². The summed E-state index contributed by atoms with van der Waals surface area (Å²) in [6.07, 6.45) is 6.15. The minimum absolute atomic E-state index is 0.276. The number of hydrogen-bond acceptors (Lipinski definition) is 4. The van der Waals surface area contributed by atoms with E-state index in [0.717, 1.165) is 11.9 Å². The average Bonchev–Trinajstić information content (AvgIpc) is 3.22. The molecule has 0 atom stereocenters. The van der Waals surface area contributed by atoms with E-state index in [2.05, 4.69) is 40.3 Å². The number of nitrogens with zero attached hydrogens (tertiary/aromatic N) is 2. The van der Waals surface area contributed by atoms with Gasteiger partial charge in [0.05, 0.1) is 12.7 Å². The number of benzene rings is 1. The van der Waals surface area contributed by atoms with Crippen LogP contribution < -0.4 is 5.56 Å². The summed E-state index contributed by atoms with van der Waals surface area (Å²) < 4.78 is 6.65. The van der Waals surface area contributed by atoms with Crippen LogP contribution in [0.5, 0.6) is 0 Å². The van der Waals surface area contributed by atoms with Gasteiger partial charge in [-0.15, -0.1) is 0 Å². The number of aromatic amines is 2. The van der Waals surface area contributed by atoms with E-state index in [1.165, 1.54) is 23.6 Å². The summed E-state index contributed by atoms with van der Waals surface area (Å²) in [5.74, 6) is -0.515. The second-order valence-electron chi connectivity index (χ2n) is 6.33. The zero-order valence-electron chi connectivity index (χ0n) is 14.5. The van der Waals surface area contributed by atoms with Crippen LogP contribution in [0.25, 0.3) is 22.2 Å². The van der Waals surface area contributed by atoms with E-state index in [0.29, 0.717) is 17.8 Å². The normalized spacial score (nSPS) is 11.3. The fourth-order valence-corrected chi connectivity index (χ4v) is 3.23. The summed E-state index contributed by atoms with van der Waals surface area (Å²) in [5.41, 5.74) is 4.15. The summed E-state index contributed by atoms with van der Waals surface area (Å²) >= 11 is 0. The van der Waals surface area contributed by atoms with Crippen LogP contribution in [0, 0.1) is 6.92 Å². The van der Waals surface area contributed by atoms with Crippen molar-refractivity contribution in [3.05, 3.63) is 63.8 Å². The Balaban J connectivity index is 1.69. The van der Waals surface area contributed by atoms with Gasteiger partial charge in [-0.1, -0.05) is 11.6 Å². The fourth-order valence-electron chi connectivity index (χ4n) is 3.23. The van der Waals surface area contributed by atoms with Crippen molar-refractivity contribution in [2.24, 2.45) is 0 Å². The van der Waals surface area contributed by atoms with Crippen LogP contribution in [-0.4, -0.2) is 32.8 Å². The molecule has 2 aliphatic heterocycles. The van der Waals surface area contributed by atoms with Crippen LogP contribution in [0.3, 0.4) is 0 Å². The third-order valence-corrected chi connectivity index (χ3v) is 4.58. The minimum Gasteiger partial charge on any atom is -0.465 e. The van der Waals surface area contributed by atoms with Gasteiger partial charge in [0.2, 0.25) is 0 Å². The number of nitrogens with one attached hydrogen (secondary N) is 2. The number of methoxy groups -OCH3 is 1. The highest BCUT2D eigenvalue weighted by atomic mass is 16.5. The van der Waals surface area contributed by atoms with E-state index in [4.69, 9.17) is 4.74 Å². The van der Waals surface area contributed by atoms with Crippen LogP contribution in [-0.2, 0) is 17.7 Å². The third kappa shape index (κ3) is 2.67. The number of rotatable bonds is 4. The number of ether oxygens (including phenoxy) is 1. The second-order valence-corrected chi connectivity index (χ2v) is 6.33. The highest BCUT2D eigenvalue weighted by Crippen LogP contribution is 2.23. The predicted molar refractivity (Wildman–Crippen MR) is 97.5 cm³/mol. The van der Waals surface area contributed by atoms with Crippen molar-refractivity contribution >= 4 is 16.9 Å². The van der Waals surface area contributed by atoms with Gasteiger partial charge in [-0.05, 0) is 31.0 Å². The average molecular weight is 350 g/mol. The van der Waals surface area contributed by atoms with E-state index in [1.54, 1.807) is 12.4 Å². The zero-order chi connectivity index (χ0) is 18.3. The topological polar surface area (TPSA) is 92.8 Å². The molecule has 1 aromatic carbocycles. The van der Waals surface area contributed by atoms with E-state index in [1.807, 2.05) is 10.8 Å². The standard InChI is InChI=1S/C19H18N4O3/c1-11-3-4-16-13(7-11)12(8-20-16)5-6-23-9-14-17(21-22-18(14)24)15(10-23)19(25)26-2/h3-4,7-10,20H,5-6H2,1-2H3,(H,22,24). The first-order valence-corrected chi connectivity index (χ1v) is 8.30. The van der Waals surface area contributed by atoms with Gasteiger partial charge < -0.3 is 14.3 Å². The molecule has 132 valence electrons. The second kappa shape index (κ2) is 6.18. The van der Waals surface area contributed by atoms with Crippen molar-refractivity contribution < 1.29 is 9.53 Å². The molecule has 1 aromatic heterocycles. The molecular weight excluding hydrogens is 332 g/mol. The van der Waals surface area contributed by atoms with Crippen molar-refractivity contribution in [2.45, 2.75) is 19.9 Å². The molecule has 0 radical (unpaired) electrons. The number of carbonyl (C=O) groups excluding carboxylic acids is 1. The highest BCUT2D eigenvalue weighted by Gasteiger charge is 2.21. The first kappa shape index (κ1) is 16.1. The molecule has 0 fully saturated rings. The molecule has 2 N–H and O–H groups in total. The molecule has 2 aromatic rings. The summed E-state index contributed by atoms with van der Waals surface area (Å²) in [6, 6.07) is 6.29. The number of carbonyl (C=O) groups is 1. The Bertz CT molecular complexity index is 1140. The number of fused-ring (bicyclic) bond motifs is 2. The number of pyridine rings is 1. The SMILES string of the molecule is COC(=O)c1cn(CCc2c[nH]c3ccc(C)cc23)cc2c(=O)[nH]nc1-2. The first-order chi connectivity index (χ1) is 12.6. The Morgan fingerprint density at radius 2 is 2.15 bits per heavy atom. The maximum Gasteiger partial charge on any atom is 0.341 e. The van der Waals surface area contributed by atoms with Crippen LogP contribution in [0.2, 0.25) is 0 Å². The molecule has 0 unspecified atom stereocenters. The largest absolute Gasteiger partial charge is 0.465 e. The molecule has 0 aliphatic carbocycles. The number of aromatic nitrogens is 4. The van der Waals surface area contributed by atoms with Gasteiger partial charge in [0.1, 0.15) is 11.3 Å². The lowest BCUT2D eigenvalue weighted by atomic mass is 10.1. The van der Waals surface area contributed by atoms with Crippen molar-refractivity contribution in [1.82, 2.24) is 19.7 Å². The van der Waals surface area contributed by atoms with Crippen molar-refractivity contribution in [2.75, 3.05) is 7.11 Å². The Labute approximate surface area is 149 Å². The molecule has 0 saturated heterocycles. The lowest BCUT2D eigenvalue weighted by Crippen LogP contribution is -2.12. The van der Waals surface area contributed by atoms with E-state index < -0.39 is 5.97 Å². The van der Waals surface area contributed by atoms with Crippen LogP contribution in [0.15, 0.2) is 41.6 Å². The Hall–Kier alpha value is -3.35. The van der Waals surface area contributed by atoms with Gasteiger partial charge in [-0.2, -0.15) is 5.10 Å². The monoisotopic (exact) mass is 350 g/mol. The smallest absolute Gasteiger partial charge is 0.341 e. The molecule has 0 saturated carbocycles. The summed E-state index contributed by atoms with van der Waals surface area (Å²) in [4.78, 5) is 27.3. The Kier molecular flexibility index (Phi) is 3.84. The lowest BCUT2D eigenvalue weighted by molar-refractivity contribution is 0.0600. The number of esters is 1. The van der Waals surface area contributed by atoms with E-state index >= 15 is 0 Å².